The Kier molecular flexibility index (Phi) is 17.6. The molecule has 2 N–H and O–H groups in total. The molecule has 0 aliphatic heterocycles. The summed E-state index contributed by atoms with van der Waals surface area (Å²) < 4.78 is 6.78. The summed E-state index contributed by atoms with van der Waals surface area (Å²) in [6.45, 7) is 6.61. The SMILES string of the molecule is Br.CCC([O][Sn][CH](C)CCCC(C)N)SI. The molecule has 16 heavy (non-hydrogen) atoms. The van der Waals surface area contributed by atoms with E-state index in [4.69, 9.17) is 8.81 Å². The van der Waals surface area contributed by atoms with Crippen molar-refractivity contribution in [3.63, 3.8) is 0 Å². The van der Waals surface area contributed by atoms with Crippen LogP contribution < -0.4 is 5.73 Å². The van der Waals surface area contributed by atoms with Crippen molar-refractivity contribution >= 4 is 68.7 Å². The number of hydrogen-bond donors (Lipinski definition) is 1. The zero-order chi connectivity index (χ0) is 11.7. The Balaban J connectivity index is 0. The molecule has 2 nitrogen and oxygen atoms in total. The Morgan fingerprint density at radius 3 is 2.44 bits per heavy atom. The molecule has 0 aromatic rings. The second-order valence-electron chi connectivity index (χ2n) is 3.97. The van der Waals surface area contributed by atoms with E-state index in [9.17, 15) is 0 Å². The summed E-state index contributed by atoms with van der Waals surface area (Å²) in [5.41, 5.74) is 6.16. The van der Waals surface area contributed by atoms with Gasteiger partial charge in [-0.2, -0.15) is 0 Å². The van der Waals surface area contributed by atoms with Gasteiger partial charge in [0, 0.05) is 0 Å². The van der Waals surface area contributed by atoms with Crippen LogP contribution in [0.3, 0.4) is 0 Å². The maximum atomic E-state index is 5.95. The molecule has 0 heterocycles. The topological polar surface area (TPSA) is 35.2 Å². The molecule has 0 saturated carbocycles. The molecule has 0 amide bonds. The molecular weight excluding hydrogens is 508 g/mol. The van der Waals surface area contributed by atoms with E-state index in [2.05, 4.69) is 42.0 Å². The maximum absolute atomic E-state index is 5.95. The van der Waals surface area contributed by atoms with Crippen LogP contribution in [0.1, 0.15) is 46.5 Å². The fraction of sp³-hybridized carbons (Fsp3) is 1.00. The van der Waals surface area contributed by atoms with Crippen LogP contribution >= 0.6 is 47.1 Å². The third-order valence-electron chi connectivity index (χ3n) is 2.13. The van der Waals surface area contributed by atoms with Crippen LogP contribution in [-0.4, -0.2) is 33.0 Å². The predicted molar refractivity (Wildman–Crippen MR) is 89.8 cm³/mol. The van der Waals surface area contributed by atoms with E-state index in [0.717, 1.165) is 16.8 Å². The molecule has 0 rings (SSSR count). The van der Waals surface area contributed by atoms with E-state index in [1.807, 2.05) is 8.93 Å². The summed E-state index contributed by atoms with van der Waals surface area (Å²) >= 11 is 1.72. The second-order valence-corrected chi connectivity index (χ2v) is 10.4. The molecule has 0 aliphatic carbocycles. The molecule has 0 spiro atoms. The van der Waals surface area contributed by atoms with Crippen LogP contribution in [0.25, 0.3) is 0 Å². The monoisotopic (exact) mass is 531 g/mol. The van der Waals surface area contributed by atoms with Gasteiger partial charge in [-0.1, -0.05) is 0 Å². The summed E-state index contributed by atoms with van der Waals surface area (Å²) in [4.78, 5) is 0. The molecule has 3 atom stereocenters. The third kappa shape index (κ3) is 12.7. The van der Waals surface area contributed by atoms with Crippen LogP contribution in [0, 0.1) is 0 Å². The average Bonchev–Trinajstić information content (AvgIpc) is 2.18. The van der Waals surface area contributed by atoms with Gasteiger partial charge in [0.1, 0.15) is 0 Å². The van der Waals surface area contributed by atoms with E-state index >= 15 is 0 Å². The summed E-state index contributed by atoms with van der Waals surface area (Å²) in [5, 5.41) is 0. The van der Waals surface area contributed by atoms with E-state index in [1.54, 1.807) is 0 Å². The Labute approximate surface area is 138 Å². The predicted octanol–water partition coefficient (Wildman–Crippen LogP) is 4.35. The van der Waals surface area contributed by atoms with Gasteiger partial charge in [-0.25, -0.2) is 0 Å². The van der Waals surface area contributed by atoms with Crippen molar-refractivity contribution in [2.24, 2.45) is 5.73 Å². The van der Waals surface area contributed by atoms with Crippen molar-refractivity contribution in [1.29, 1.82) is 0 Å². The van der Waals surface area contributed by atoms with Crippen LogP contribution in [0.4, 0.5) is 0 Å². The minimum atomic E-state index is -0.620. The van der Waals surface area contributed by atoms with E-state index in [0.29, 0.717) is 11.5 Å². The zero-order valence-electron chi connectivity index (χ0n) is 10.2. The minimum absolute atomic E-state index is 0. The first-order valence-corrected chi connectivity index (χ1v) is 11.8. The second kappa shape index (κ2) is 13.7. The fourth-order valence-corrected chi connectivity index (χ4v) is 7.67. The van der Waals surface area contributed by atoms with Crippen LogP contribution in [0.2, 0.25) is 3.93 Å². The van der Waals surface area contributed by atoms with Crippen LogP contribution in [0.5, 0.6) is 0 Å². The first-order chi connectivity index (χ1) is 7.10. The molecule has 0 saturated heterocycles. The van der Waals surface area contributed by atoms with Crippen molar-refractivity contribution in [3.05, 3.63) is 0 Å². The summed E-state index contributed by atoms with van der Waals surface area (Å²) in [7, 11) is 1.81. The first kappa shape index (κ1) is 20.6. The van der Waals surface area contributed by atoms with Gasteiger partial charge in [-0.15, -0.1) is 17.0 Å². The Hall–Kier alpha value is 2.28. The van der Waals surface area contributed by atoms with Gasteiger partial charge in [0.15, 0.2) is 0 Å². The molecule has 0 aromatic carbocycles. The van der Waals surface area contributed by atoms with E-state index in [1.165, 1.54) is 12.8 Å². The first-order valence-electron chi connectivity index (χ1n) is 5.54. The molecule has 98 valence electrons. The molecule has 3 unspecified atom stereocenters. The quantitative estimate of drug-likeness (QED) is 0.274. The summed E-state index contributed by atoms with van der Waals surface area (Å²) in [6, 6.07) is 0.358. The van der Waals surface area contributed by atoms with Gasteiger partial charge in [0.05, 0.1) is 0 Å². The average molecular weight is 531 g/mol. The molecule has 2 radical (unpaired) electrons. The van der Waals surface area contributed by atoms with E-state index < -0.39 is 21.6 Å². The summed E-state index contributed by atoms with van der Waals surface area (Å²) in [5.74, 6) is 0. The molecule has 0 fully saturated rings. The number of hydrogen-bond acceptors (Lipinski definition) is 3. The Bertz CT molecular complexity index is 153. The van der Waals surface area contributed by atoms with Gasteiger partial charge >= 0.3 is 122 Å². The van der Waals surface area contributed by atoms with Crippen LogP contribution in [-0.2, 0) is 3.07 Å². The van der Waals surface area contributed by atoms with E-state index in [-0.39, 0.29) is 17.0 Å². The molecule has 0 aliphatic rings. The van der Waals surface area contributed by atoms with Crippen LogP contribution in [0.15, 0.2) is 0 Å². The number of rotatable bonds is 9. The molecule has 0 bridgehead atoms. The van der Waals surface area contributed by atoms with Gasteiger partial charge in [-0.3, -0.25) is 0 Å². The standard InChI is InChI=1S/C7H16N.C3H6IOS.BrH.Sn/c1-3-4-5-6-7(2)8;1-2-3(5)6-4;;/h3,7H,4-6,8H2,1-2H3;3H,2H2,1H3;1H;/q;-1;;+1. The Morgan fingerprint density at radius 1 is 1.38 bits per heavy atom. The fourth-order valence-electron chi connectivity index (χ4n) is 1.16. The van der Waals surface area contributed by atoms with Crippen molar-refractivity contribution in [3.8, 4) is 0 Å². The molecular formula is C10H23BrINOSSn. The van der Waals surface area contributed by atoms with Crippen molar-refractivity contribution in [1.82, 2.24) is 0 Å². The molecule has 6 heteroatoms. The number of nitrogens with two attached hydrogens (primary N) is 1. The number of halogens is 2. The van der Waals surface area contributed by atoms with Crippen molar-refractivity contribution < 1.29 is 3.07 Å². The van der Waals surface area contributed by atoms with Gasteiger partial charge in [-0.05, 0) is 0 Å². The summed E-state index contributed by atoms with van der Waals surface area (Å²) in [6.07, 6.45) is 4.84. The van der Waals surface area contributed by atoms with Gasteiger partial charge in [0.2, 0.25) is 0 Å². The van der Waals surface area contributed by atoms with Gasteiger partial charge < -0.3 is 0 Å². The molecule has 0 aromatic heterocycles. The Morgan fingerprint density at radius 2 is 2.00 bits per heavy atom. The van der Waals surface area contributed by atoms with Crippen molar-refractivity contribution in [2.75, 3.05) is 0 Å². The van der Waals surface area contributed by atoms with Gasteiger partial charge in [0.25, 0.3) is 0 Å². The zero-order valence-corrected chi connectivity index (χ0v) is 17.8. The third-order valence-corrected chi connectivity index (χ3v) is 8.12. The van der Waals surface area contributed by atoms with Crippen molar-refractivity contribution in [2.45, 2.75) is 61.9 Å². The normalized spacial score (nSPS) is 16.3.